The minimum absolute atomic E-state index is 0.220. The Morgan fingerprint density at radius 2 is 1.69 bits per heavy atom. The minimum Gasteiger partial charge on any atom is -0.207 e. The van der Waals surface area contributed by atoms with Gasteiger partial charge in [0.1, 0.15) is 5.82 Å². The summed E-state index contributed by atoms with van der Waals surface area (Å²) in [5.41, 5.74) is 1.46. The smallest absolute Gasteiger partial charge is 0.129 e. The van der Waals surface area contributed by atoms with Gasteiger partial charge in [0, 0.05) is 10.6 Å². The normalized spacial score (nSPS) is 12.4. The van der Waals surface area contributed by atoms with Crippen molar-refractivity contribution in [1.29, 1.82) is 0 Å². The average molecular weight is 300 g/mol. The first kappa shape index (κ1) is 11.6. The van der Waals surface area contributed by atoms with Gasteiger partial charge in [0.05, 0.1) is 4.83 Å². The number of hydrogen-bond donors (Lipinski definition) is 0. The third-order valence-corrected chi connectivity index (χ3v) is 3.66. The molecular formula is C13H9BrClF. The lowest BCUT2D eigenvalue weighted by atomic mass is 10.0. The summed E-state index contributed by atoms with van der Waals surface area (Å²) in [5.74, 6) is -0.293. The van der Waals surface area contributed by atoms with Gasteiger partial charge in [-0.15, -0.1) is 0 Å². The molecule has 0 aliphatic carbocycles. The predicted molar refractivity (Wildman–Crippen MR) is 68.6 cm³/mol. The standard InChI is InChI=1S/C13H9BrClF/c14-13(9-5-2-1-3-6-9)12-10(15)7-4-8-11(12)16/h1-8,13H. The van der Waals surface area contributed by atoms with Crippen LogP contribution >= 0.6 is 27.5 Å². The minimum atomic E-state index is -0.293. The molecule has 0 nitrogen and oxygen atoms in total. The van der Waals surface area contributed by atoms with Gasteiger partial charge in [-0.3, -0.25) is 0 Å². The molecule has 3 heteroatoms. The molecule has 0 spiro atoms. The molecule has 0 aliphatic heterocycles. The van der Waals surface area contributed by atoms with Crippen LogP contribution in [0.2, 0.25) is 5.02 Å². The zero-order chi connectivity index (χ0) is 11.5. The Morgan fingerprint density at radius 1 is 1.00 bits per heavy atom. The van der Waals surface area contributed by atoms with E-state index < -0.39 is 0 Å². The summed E-state index contributed by atoms with van der Waals surface area (Å²) in [5, 5.41) is 0.436. The van der Waals surface area contributed by atoms with Gasteiger partial charge in [-0.1, -0.05) is 63.9 Å². The second-order valence-corrected chi connectivity index (χ2v) is 4.73. The molecule has 2 aromatic rings. The van der Waals surface area contributed by atoms with Crippen molar-refractivity contribution in [3.63, 3.8) is 0 Å². The van der Waals surface area contributed by atoms with Crippen LogP contribution in [0.1, 0.15) is 16.0 Å². The van der Waals surface area contributed by atoms with Gasteiger partial charge in [0.15, 0.2) is 0 Å². The van der Waals surface area contributed by atoms with Crippen molar-refractivity contribution in [3.05, 3.63) is 70.5 Å². The summed E-state index contributed by atoms with van der Waals surface area (Å²) in [7, 11) is 0. The van der Waals surface area contributed by atoms with E-state index in [2.05, 4.69) is 15.9 Å². The second-order valence-electron chi connectivity index (χ2n) is 3.41. The summed E-state index contributed by atoms with van der Waals surface area (Å²) in [6.07, 6.45) is 0. The van der Waals surface area contributed by atoms with Crippen LogP contribution in [0, 0.1) is 5.82 Å². The van der Waals surface area contributed by atoms with Crippen LogP contribution < -0.4 is 0 Å². The van der Waals surface area contributed by atoms with E-state index in [9.17, 15) is 4.39 Å². The lowest BCUT2D eigenvalue weighted by Crippen LogP contribution is -1.97. The topological polar surface area (TPSA) is 0 Å². The molecule has 2 rings (SSSR count). The number of hydrogen-bond acceptors (Lipinski definition) is 0. The highest BCUT2D eigenvalue weighted by molar-refractivity contribution is 9.09. The predicted octanol–water partition coefficient (Wildman–Crippen LogP) is 4.96. The van der Waals surface area contributed by atoms with Crippen LogP contribution in [0.3, 0.4) is 0 Å². The maximum Gasteiger partial charge on any atom is 0.129 e. The van der Waals surface area contributed by atoms with Gasteiger partial charge in [0.2, 0.25) is 0 Å². The van der Waals surface area contributed by atoms with E-state index in [-0.39, 0.29) is 10.6 Å². The van der Waals surface area contributed by atoms with Crippen LogP contribution in [0.25, 0.3) is 0 Å². The van der Waals surface area contributed by atoms with E-state index in [1.807, 2.05) is 30.3 Å². The average Bonchev–Trinajstić information content (AvgIpc) is 2.30. The van der Waals surface area contributed by atoms with Crippen LogP contribution in [-0.4, -0.2) is 0 Å². The van der Waals surface area contributed by atoms with Gasteiger partial charge in [-0.05, 0) is 17.7 Å². The Labute approximate surface area is 107 Å². The Balaban J connectivity index is 2.46. The lowest BCUT2D eigenvalue weighted by Gasteiger charge is -2.13. The maximum atomic E-state index is 13.7. The van der Waals surface area contributed by atoms with Crippen molar-refractivity contribution in [3.8, 4) is 0 Å². The first-order valence-corrected chi connectivity index (χ1v) is 6.12. The van der Waals surface area contributed by atoms with Crippen molar-refractivity contribution >= 4 is 27.5 Å². The molecule has 0 fully saturated rings. The highest BCUT2D eigenvalue weighted by Gasteiger charge is 2.17. The summed E-state index contributed by atoms with van der Waals surface area (Å²) in [6, 6.07) is 14.3. The van der Waals surface area contributed by atoms with Gasteiger partial charge >= 0.3 is 0 Å². The summed E-state index contributed by atoms with van der Waals surface area (Å²) < 4.78 is 13.7. The second kappa shape index (κ2) is 4.98. The maximum absolute atomic E-state index is 13.7. The van der Waals surface area contributed by atoms with Gasteiger partial charge in [-0.25, -0.2) is 4.39 Å². The van der Waals surface area contributed by atoms with Crippen molar-refractivity contribution in [1.82, 2.24) is 0 Å². The molecule has 2 aromatic carbocycles. The van der Waals surface area contributed by atoms with Crippen LogP contribution in [0.4, 0.5) is 4.39 Å². The van der Waals surface area contributed by atoms with Gasteiger partial charge < -0.3 is 0 Å². The molecule has 0 saturated heterocycles. The molecular weight excluding hydrogens is 290 g/mol. The van der Waals surface area contributed by atoms with Crippen LogP contribution in [0.15, 0.2) is 48.5 Å². The molecule has 1 atom stereocenters. The third kappa shape index (κ3) is 2.28. The van der Waals surface area contributed by atoms with Crippen LogP contribution in [-0.2, 0) is 0 Å². The molecule has 0 N–H and O–H groups in total. The first-order chi connectivity index (χ1) is 7.70. The lowest BCUT2D eigenvalue weighted by molar-refractivity contribution is 0.613. The Hall–Kier alpha value is -0.860. The Morgan fingerprint density at radius 3 is 2.31 bits per heavy atom. The van der Waals surface area contributed by atoms with Crippen molar-refractivity contribution in [2.45, 2.75) is 4.83 Å². The summed E-state index contributed by atoms with van der Waals surface area (Å²) in [4.78, 5) is -0.220. The quantitative estimate of drug-likeness (QED) is 0.687. The van der Waals surface area contributed by atoms with E-state index in [1.165, 1.54) is 6.07 Å². The molecule has 16 heavy (non-hydrogen) atoms. The SMILES string of the molecule is Fc1cccc(Cl)c1C(Br)c1ccccc1. The first-order valence-electron chi connectivity index (χ1n) is 4.83. The van der Waals surface area contributed by atoms with E-state index in [4.69, 9.17) is 11.6 Å². The largest absolute Gasteiger partial charge is 0.207 e. The highest BCUT2D eigenvalue weighted by Crippen LogP contribution is 2.36. The Bertz CT molecular complexity index is 464. The zero-order valence-electron chi connectivity index (χ0n) is 8.33. The van der Waals surface area contributed by atoms with E-state index in [0.29, 0.717) is 10.6 Å². The summed E-state index contributed by atoms with van der Waals surface area (Å²) >= 11 is 9.48. The summed E-state index contributed by atoms with van der Waals surface area (Å²) in [6.45, 7) is 0. The van der Waals surface area contributed by atoms with E-state index in [1.54, 1.807) is 12.1 Å². The third-order valence-electron chi connectivity index (χ3n) is 2.35. The monoisotopic (exact) mass is 298 g/mol. The van der Waals surface area contributed by atoms with Crippen LogP contribution in [0.5, 0.6) is 0 Å². The van der Waals surface area contributed by atoms with E-state index >= 15 is 0 Å². The number of benzene rings is 2. The molecule has 0 bridgehead atoms. The molecule has 0 radical (unpaired) electrons. The molecule has 0 aliphatic rings. The molecule has 0 aromatic heterocycles. The van der Waals surface area contributed by atoms with Gasteiger partial charge in [-0.2, -0.15) is 0 Å². The fourth-order valence-electron chi connectivity index (χ4n) is 1.54. The fourth-order valence-corrected chi connectivity index (χ4v) is 2.72. The van der Waals surface area contributed by atoms with Crippen molar-refractivity contribution in [2.24, 2.45) is 0 Å². The van der Waals surface area contributed by atoms with Crippen molar-refractivity contribution in [2.75, 3.05) is 0 Å². The number of rotatable bonds is 2. The van der Waals surface area contributed by atoms with E-state index in [0.717, 1.165) is 5.56 Å². The fraction of sp³-hybridized carbons (Fsp3) is 0.0769. The molecule has 0 amide bonds. The molecule has 82 valence electrons. The number of halogens is 3. The Kier molecular flexibility index (Phi) is 3.62. The molecule has 1 unspecified atom stereocenters. The van der Waals surface area contributed by atoms with Crippen molar-refractivity contribution < 1.29 is 4.39 Å². The molecule has 0 heterocycles. The highest BCUT2D eigenvalue weighted by atomic mass is 79.9. The van der Waals surface area contributed by atoms with Gasteiger partial charge in [0.25, 0.3) is 0 Å². The zero-order valence-corrected chi connectivity index (χ0v) is 10.7. The molecule has 0 saturated carbocycles. The number of alkyl halides is 1.